The van der Waals surface area contributed by atoms with Crippen LogP contribution in [0, 0.1) is 0 Å². The third-order valence-corrected chi connectivity index (χ3v) is 3.14. The highest BCUT2D eigenvalue weighted by molar-refractivity contribution is 5.28. The van der Waals surface area contributed by atoms with Crippen molar-refractivity contribution in [3.05, 3.63) is 23.9 Å². The molecule has 2 rings (SSSR count). The molecule has 0 amide bonds. The predicted molar refractivity (Wildman–Crippen MR) is 63.9 cm³/mol. The molecule has 4 nitrogen and oxygen atoms in total. The smallest absolute Gasteiger partial charge is 0.123 e. The zero-order chi connectivity index (χ0) is 11.5. The molecule has 88 valence electrons. The van der Waals surface area contributed by atoms with Gasteiger partial charge in [0.1, 0.15) is 5.82 Å². The van der Waals surface area contributed by atoms with Gasteiger partial charge in [0.25, 0.3) is 0 Å². The van der Waals surface area contributed by atoms with Gasteiger partial charge in [-0.15, -0.1) is 0 Å². The molecular weight excluding hydrogens is 202 g/mol. The maximum Gasteiger partial charge on any atom is 0.123 e. The second kappa shape index (κ2) is 4.80. The lowest BCUT2D eigenvalue weighted by Gasteiger charge is -2.26. The van der Waals surface area contributed by atoms with E-state index in [9.17, 15) is 0 Å². The number of ether oxygens (including phenoxy) is 1. The molecule has 2 heterocycles. The van der Waals surface area contributed by atoms with Gasteiger partial charge in [-0.2, -0.15) is 0 Å². The number of nitrogens with two attached hydrogens (primary N) is 1. The van der Waals surface area contributed by atoms with E-state index in [1.165, 1.54) is 0 Å². The summed E-state index contributed by atoms with van der Waals surface area (Å²) in [7, 11) is 2.11. The normalized spacial score (nSPS) is 25.2. The highest BCUT2D eigenvalue weighted by Gasteiger charge is 2.27. The van der Waals surface area contributed by atoms with E-state index in [0.717, 1.165) is 25.3 Å². The number of hydrogen-bond acceptors (Lipinski definition) is 4. The number of rotatable bonds is 3. The maximum atomic E-state index is 5.66. The molecule has 0 aromatic carbocycles. The number of aromatic nitrogens is 1. The molecule has 4 heteroatoms. The van der Waals surface area contributed by atoms with Crippen molar-refractivity contribution in [3.63, 3.8) is 0 Å². The van der Waals surface area contributed by atoms with Gasteiger partial charge < -0.3 is 10.5 Å². The summed E-state index contributed by atoms with van der Waals surface area (Å²) >= 11 is 0. The lowest BCUT2D eigenvalue weighted by molar-refractivity contribution is 0.0810. The number of pyridine rings is 1. The van der Waals surface area contributed by atoms with Gasteiger partial charge in [-0.05, 0) is 32.5 Å². The molecule has 1 aliphatic rings. The summed E-state index contributed by atoms with van der Waals surface area (Å²) in [4.78, 5) is 6.60. The molecule has 2 unspecified atom stereocenters. The summed E-state index contributed by atoms with van der Waals surface area (Å²) in [6.45, 7) is 3.81. The Hall–Kier alpha value is -1.13. The SMILES string of the molecule is CC1OCCC1N(C)Cc1cccc(N)n1. The first-order valence-electron chi connectivity index (χ1n) is 5.70. The zero-order valence-corrected chi connectivity index (χ0v) is 9.89. The van der Waals surface area contributed by atoms with Gasteiger partial charge >= 0.3 is 0 Å². The highest BCUT2D eigenvalue weighted by atomic mass is 16.5. The fraction of sp³-hybridized carbons (Fsp3) is 0.583. The van der Waals surface area contributed by atoms with Crippen LogP contribution in [0.3, 0.4) is 0 Å². The molecule has 2 atom stereocenters. The van der Waals surface area contributed by atoms with Crippen molar-refractivity contribution in [1.82, 2.24) is 9.88 Å². The minimum atomic E-state index is 0.311. The summed E-state index contributed by atoms with van der Waals surface area (Å²) in [6, 6.07) is 6.25. The molecule has 16 heavy (non-hydrogen) atoms. The molecule has 0 bridgehead atoms. The summed E-state index contributed by atoms with van der Waals surface area (Å²) in [6.07, 6.45) is 1.41. The monoisotopic (exact) mass is 221 g/mol. The predicted octanol–water partition coefficient (Wildman–Crippen LogP) is 1.27. The lowest BCUT2D eigenvalue weighted by Crippen LogP contribution is -2.36. The van der Waals surface area contributed by atoms with Crippen LogP contribution in [-0.4, -0.2) is 35.7 Å². The van der Waals surface area contributed by atoms with Gasteiger partial charge in [0.15, 0.2) is 0 Å². The van der Waals surface area contributed by atoms with E-state index in [4.69, 9.17) is 10.5 Å². The Morgan fingerprint density at radius 3 is 3.00 bits per heavy atom. The van der Waals surface area contributed by atoms with Crippen molar-refractivity contribution >= 4 is 5.82 Å². The van der Waals surface area contributed by atoms with Crippen molar-refractivity contribution in [2.75, 3.05) is 19.4 Å². The van der Waals surface area contributed by atoms with E-state index in [2.05, 4.69) is 23.9 Å². The minimum absolute atomic E-state index is 0.311. The molecule has 0 spiro atoms. The number of likely N-dealkylation sites (N-methyl/N-ethyl adjacent to an activating group) is 1. The van der Waals surface area contributed by atoms with Crippen LogP contribution in [0.2, 0.25) is 0 Å². The second-order valence-corrected chi connectivity index (χ2v) is 4.40. The first-order valence-corrected chi connectivity index (χ1v) is 5.70. The fourth-order valence-corrected chi connectivity index (χ4v) is 2.26. The van der Waals surface area contributed by atoms with Crippen molar-refractivity contribution < 1.29 is 4.74 Å². The molecule has 0 saturated carbocycles. The minimum Gasteiger partial charge on any atom is -0.384 e. The van der Waals surface area contributed by atoms with Crippen molar-refractivity contribution in [2.45, 2.75) is 32.0 Å². The average Bonchev–Trinajstić information content (AvgIpc) is 2.64. The van der Waals surface area contributed by atoms with E-state index < -0.39 is 0 Å². The Kier molecular flexibility index (Phi) is 3.41. The topological polar surface area (TPSA) is 51.4 Å². The summed E-state index contributed by atoms with van der Waals surface area (Å²) in [5.74, 6) is 0.585. The number of nitrogen functional groups attached to an aromatic ring is 1. The van der Waals surface area contributed by atoms with Crippen molar-refractivity contribution in [2.24, 2.45) is 0 Å². The Morgan fingerprint density at radius 2 is 2.38 bits per heavy atom. The van der Waals surface area contributed by atoms with Crippen molar-refractivity contribution in [3.8, 4) is 0 Å². The van der Waals surface area contributed by atoms with Crippen LogP contribution in [0.4, 0.5) is 5.82 Å². The Balaban J connectivity index is 1.99. The van der Waals surface area contributed by atoms with Crippen LogP contribution in [0.25, 0.3) is 0 Å². The van der Waals surface area contributed by atoms with E-state index in [0.29, 0.717) is 18.0 Å². The highest BCUT2D eigenvalue weighted by Crippen LogP contribution is 2.19. The van der Waals surface area contributed by atoms with Crippen LogP contribution >= 0.6 is 0 Å². The van der Waals surface area contributed by atoms with Gasteiger partial charge in [0.2, 0.25) is 0 Å². The van der Waals surface area contributed by atoms with Crippen LogP contribution < -0.4 is 5.73 Å². The first-order chi connectivity index (χ1) is 7.66. The third-order valence-electron chi connectivity index (χ3n) is 3.14. The van der Waals surface area contributed by atoms with Gasteiger partial charge in [0.05, 0.1) is 11.8 Å². The van der Waals surface area contributed by atoms with Crippen LogP contribution in [0.1, 0.15) is 19.0 Å². The standard InChI is InChI=1S/C12H19N3O/c1-9-11(6-7-16-9)15(2)8-10-4-3-5-12(13)14-10/h3-5,9,11H,6-8H2,1-2H3,(H2,13,14). The van der Waals surface area contributed by atoms with Gasteiger partial charge in [-0.1, -0.05) is 6.07 Å². The Bertz CT molecular complexity index is 356. The third kappa shape index (κ3) is 2.51. The van der Waals surface area contributed by atoms with Crippen LogP contribution in [0.5, 0.6) is 0 Å². The van der Waals surface area contributed by atoms with E-state index in [1.807, 2.05) is 18.2 Å². The van der Waals surface area contributed by atoms with Crippen molar-refractivity contribution in [1.29, 1.82) is 0 Å². The Labute approximate surface area is 96.4 Å². The molecule has 1 aromatic rings. The maximum absolute atomic E-state index is 5.66. The molecular formula is C12H19N3O. The van der Waals surface area contributed by atoms with Crippen LogP contribution in [0.15, 0.2) is 18.2 Å². The quantitative estimate of drug-likeness (QED) is 0.835. The first kappa shape index (κ1) is 11.4. The summed E-state index contributed by atoms with van der Waals surface area (Å²) in [5.41, 5.74) is 6.68. The van der Waals surface area contributed by atoms with Crippen LogP contribution in [-0.2, 0) is 11.3 Å². The molecule has 1 saturated heterocycles. The zero-order valence-electron chi connectivity index (χ0n) is 9.89. The number of nitrogens with zero attached hydrogens (tertiary/aromatic N) is 2. The Morgan fingerprint density at radius 1 is 1.56 bits per heavy atom. The largest absolute Gasteiger partial charge is 0.384 e. The molecule has 1 aliphatic heterocycles. The molecule has 1 fully saturated rings. The fourth-order valence-electron chi connectivity index (χ4n) is 2.26. The molecule has 0 aliphatic carbocycles. The molecule has 1 aromatic heterocycles. The molecule has 2 N–H and O–H groups in total. The number of anilines is 1. The van der Waals surface area contributed by atoms with Gasteiger partial charge in [-0.3, -0.25) is 4.90 Å². The van der Waals surface area contributed by atoms with Gasteiger partial charge in [-0.25, -0.2) is 4.98 Å². The van der Waals surface area contributed by atoms with E-state index >= 15 is 0 Å². The lowest BCUT2D eigenvalue weighted by atomic mass is 10.1. The average molecular weight is 221 g/mol. The second-order valence-electron chi connectivity index (χ2n) is 4.40. The summed E-state index contributed by atoms with van der Waals surface area (Å²) < 4.78 is 5.56. The van der Waals surface area contributed by atoms with E-state index in [-0.39, 0.29) is 0 Å². The number of hydrogen-bond donors (Lipinski definition) is 1. The van der Waals surface area contributed by atoms with E-state index in [1.54, 1.807) is 0 Å². The van der Waals surface area contributed by atoms with Gasteiger partial charge in [0, 0.05) is 19.2 Å². The molecule has 0 radical (unpaired) electrons. The summed E-state index contributed by atoms with van der Waals surface area (Å²) in [5, 5.41) is 0.